The molecule has 2 rings (SSSR count). The zero-order valence-electron chi connectivity index (χ0n) is 11.0. The first-order chi connectivity index (χ1) is 8.20. The lowest BCUT2D eigenvalue weighted by atomic mass is 10.2. The summed E-state index contributed by atoms with van der Waals surface area (Å²) in [6.07, 6.45) is 5.71. The average molecular weight is 234 g/mol. The molecule has 1 aromatic heterocycles. The van der Waals surface area contributed by atoms with Crippen LogP contribution in [-0.4, -0.2) is 29.6 Å². The average Bonchev–Trinajstić information content (AvgIpc) is 3.11. The molecule has 0 saturated heterocycles. The van der Waals surface area contributed by atoms with Gasteiger partial charge in [-0.3, -0.25) is 0 Å². The third-order valence-electron chi connectivity index (χ3n) is 3.13. The fourth-order valence-corrected chi connectivity index (χ4v) is 1.81. The monoisotopic (exact) mass is 234 g/mol. The SMILES string of the molecule is CCCN(C)c1ncc(CNC2CC2)c(C)n1. The highest BCUT2D eigenvalue weighted by molar-refractivity contribution is 5.31. The molecule has 0 aromatic carbocycles. The Hall–Kier alpha value is -1.16. The van der Waals surface area contributed by atoms with Crippen LogP contribution < -0.4 is 10.2 Å². The van der Waals surface area contributed by atoms with E-state index in [2.05, 4.69) is 34.0 Å². The lowest BCUT2D eigenvalue weighted by molar-refractivity contribution is 0.678. The van der Waals surface area contributed by atoms with Crippen molar-refractivity contribution >= 4 is 5.95 Å². The van der Waals surface area contributed by atoms with Gasteiger partial charge in [0.15, 0.2) is 0 Å². The minimum Gasteiger partial charge on any atom is -0.344 e. The van der Waals surface area contributed by atoms with E-state index in [-0.39, 0.29) is 0 Å². The first-order valence-electron chi connectivity index (χ1n) is 6.47. The van der Waals surface area contributed by atoms with E-state index in [9.17, 15) is 0 Å². The molecule has 0 amide bonds. The maximum Gasteiger partial charge on any atom is 0.225 e. The molecule has 1 heterocycles. The zero-order chi connectivity index (χ0) is 12.3. The van der Waals surface area contributed by atoms with Crippen molar-refractivity contribution in [3.63, 3.8) is 0 Å². The summed E-state index contributed by atoms with van der Waals surface area (Å²) >= 11 is 0. The van der Waals surface area contributed by atoms with E-state index < -0.39 is 0 Å². The Morgan fingerprint density at radius 2 is 2.24 bits per heavy atom. The highest BCUT2D eigenvalue weighted by Gasteiger charge is 2.20. The van der Waals surface area contributed by atoms with Crippen LogP contribution in [0.4, 0.5) is 5.95 Å². The molecule has 1 aliphatic rings. The van der Waals surface area contributed by atoms with Gasteiger partial charge in [-0.25, -0.2) is 9.97 Å². The summed E-state index contributed by atoms with van der Waals surface area (Å²) in [6, 6.07) is 0.733. The fourth-order valence-electron chi connectivity index (χ4n) is 1.81. The van der Waals surface area contributed by atoms with E-state index in [1.54, 1.807) is 0 Å². The first kappa shape index (κ1) is 12.3. The Kier molecular flexibility index (Phi) is 3.94. The van der Waals surface area contributed by atoms with Gasteiger partial charge in [0.25, 0.3) is 0 Å². The van der Waals surface area contributed by atoms with Crippen LogP contribution in [0.25, 0.3) is 0 Å². The minimum atomic E-state index is 0.733. The molecule has 1 N–H and O–H groups in total. The van der Waals surface area contributed by atoms with Gasteiger partial charge in [-0.15, -0.1) is 0 Å². The van der Waals surface area contributed by atoms with Crippen LogP contribution in [-0.2, 0) is 6.54 Å². The van der Waals surface area contributed by atoms with Crippen molar-refractivity contribution in [1.82, 2.24) is 15.3 Å². The van der Waals surface area contributed by atoms with Gasteiger partial charge in [0.2, 0.25) is 5.95 Å². The van der Waals surface area contributed by atoms with E-state index in [4.69, 9.17) is 0 Å². The smallest absolute Gasteiger partial charge is 0.225 e. The quantitative estimate of drug-likeness (QED) is 0.816. The fraction of sp³-hybridized carbons (Fsp3) is 0.692. The molecule has 0 atom stereocenters. The lowest BCUT2D eigenvalue weighted by Gasteiger charge is -2.17. The van der Waals surface area contributed by atoms with Gasteiger partial charge < -0.3 is 10.2 Å². The van der Waals surface area contributed by atoms with Crippen LogP contribution in [0.5, 0.6) is 0 Å². The van der Waals surface area contributed by atoms with Crippen LogP contribution in [0.1, 0.15) is 37.4 Å². The summed E-state index contributed by atoms with van der Waals surface area (Å²) in [4.78, 5) is 11.1. The summed E-state index contributed by atoms with van der Waals surface area (Å²) in [5.74, 6) is 0.833. The summed E-state index contributed by atoms with van der Waals surface area (Å²) in [5, 5.41) is 3.49. The van der Waals surface area contributed by atoms with Crippen molar-refractivity contribution in [2.45, 2.75) is 45.7 Å². The Bertz CT molecular complexity index is 374. The van der Waals surface area contributed by atoms with Gasteiger partial charge >= 0.3 is 0 Å². The second-order valence-electron chi connectivity index (χ2n) is 4.86. The first-order valence-corrected chi connectivity index (χ1v) is 6.47. The van der Waals surface area contributed by atoms with E-state index in [0.29, 0.717) is 0 Å². The van der Waals surface area contributed by atoms with Gasteiger partial charge in [-0.1, -0.05) is 6.92 Å². The summed E-state index contributed by atoms with van der Waals surface area (Å²) in [7, 11) is 2.04. The van der Waals surface area contributed by atoms with Gasteiger partial charge in [0.05, 0.1) is 0 Å². The van der Waals surface area contributed by atoms with Crippen LogP contribution in [0.3, 0.4) is 0 Å². The summed E-state index contributed by atoms with van der Waals surface area (Å²) < 4.78 is 0. The normalized spacial score (nSPS) is 15.0. The van der Waals surface area contributed by atoms with Crippen molar-refractivity contribution in [3.05, 3.63) is 17.5 Å². The standard InChI is InChI=1S/C13H22N4/c1-4-7-17(3)13-15-9-11(10(2)16-13)8-14-12-5-6-12/h9,12,14H,4-8H2,1-3H3. The van der Waals surface area contributed by atoms with Gasteiger partial charge in [-0.05, 0) is 26.2 Å². The van der Waals surface area contributed by atoms with Crippen molar-refractivity contribution in [2.75, 3.05) is 18.5 Å². The van der Waals surface area contributed by atoms with Crippen molar-refractivity contribution in [3.8, 4) is 0 Å². The topological polar surface area (TPSA) is 41.1 Å². The van der Waals surface area contributed by atoms with E-state index in [0.717, 1.165) is 37.2 Å². The number of anilines is 1. The number of nitrogens with one attached hydrogen (secondary N) is 1. The molecule has 0 radical (unpaired) electrons. The number of aryl methyl sites for hydroxylation is 1. The molecular formula is C13H22N4. The molecule has 1 fully saturated rings. The van der Waals surface area contributed by atoms with Crippen molar-refractivity contribution < 1.29 is 0 Å². The Morgan fingerprint density at radius 1 is 1.47 bits per heavy atom. The molecule has 17 heavy (non-hydrogen) atoms. The third kappa shape index (κ3) is 3.40. The lowest BCUT2D eigenvalue weighted by Crippen LogP contribution is -2.22. The molecular weight excluding hydrogens is 212 g/mol. The number of aromatic nitrogens is 2. The molecule has 0 bridgehead atoms. The number of nitrogens with zero attached hydrogens (tertiary/aromatic N) is 3. The summed E-state index contributed by atoms with van der Waals surface area (Å²) in [6.45, 7) is 6.12. The number of hydrogen-bond donors (Lipinski definition) is 1. The van der Waals surface area contributed by atoms with E-state index >= 15 is 0 Å². The van der Waals surface area contributed by atoms with Crippen LogP contribution in [0, 0.1) is 6.92 Å². The number of hydrogen-bond acceptors (Lipinski definition) is 4. The molecule has 1 aliphatic carbocycles. The molecule has 94 valence electrons. The Labute approximate surface area is 103 Å². The van der Waals surface area contributed by atoms with E-state index in [1.165, 1.54) is 18.4 Å². The van der Waals surface area contributed by atoms with Crippen LogP contribution in [0.15, 0.2) is 6.20 Å². The molecule has 4 heteroatoms. The minimum absolute atomic E-state index is 0.733. The van der Waals surface area contributed by atoms with Gasteiger partial charge in [0, 0.05) is 43.6 Å². The molecule has 0 unspecified atom stereocenters. The van der Waals surface area contributed by atoms with Crippen molar-refractivity contribution in [1.29, 1.82) is 0 Å². The highest BCUT2D eigenvalue weighted by atomic mass is 15.2. The number of rotatable bonds is 6. The predicted octanol–water partition coefficient (Wildman–Crippen LogP) is 1.88. The maximum absolute atomic E-state index is 4.56. The third-order valence-corrected chi connectivity index (χ3v) is 3.13. The van der Waals surface area contributed by atoms with Gasteiger partial charge in [0.1, 0.15) is 0 Å². The van der Waals surface area contributed by atoms with Crippen LogP contribution in [0.2, 0.25) is 0 Å². The van der Waals surface area contributed by atoms with Crippen molar-refractivity contribution in [2.24, 2.45) is 0 Å². The summed E-state index contributed by atoms with van der Waals surface area (Å²) in [5.41, 5.74) is 2.30. The molecule has 0 aliphatic heterocycles. The Balaban J connectivity index is 1.99. The second kappa shape index (κ2) is 5.45. The second-order valence-corrected chi connectivity index (χ2v) is 4.86. The molecule has 1 saturated carbocycles. The largest absolute Gasteiger partial charge is 0.344 e. The van der Waals surface area contributed by atoms with E-state index in [1.807, 2.05) is 13.2 Å². The maximum atomic E-state index is 4.56. The van der Waals surface area contributed by atoms with Gasteiger partial charge in [-0.2, -0.15) is 0 Å². The highest BCUT2D eigenvalue weighted by Crippen LogP contribution is 2.19. The molecule has 1 aromatic rings. The molecule has 0 spiro atoms. The molecule has 4 nitrogen and oxygen atoms in total. The predicted molar refractivity (Wildman–Crippen MR) is 70.2 cm³/mol. The van der Waals surface area contributed by atoms with Crippen LogP contribution >= 0.6 is 0 Å². The Morgan fingerprint density at radius 3 is 2.82 bits per heavy atom. The zero-order valence-corrected chi connectivity index (χ0v) is 11.0.